The molecule has 0 aromatic carbocycles. The van der Waals surface area contributed by atoms with Gasteiger partial charge >= 0.3 is 0 Å². The second-order valence-corrected chi connectivity index (χ2v) is 4.52. The quantitative estimate of drug-likeness (QED) is 0.667. The van der Waals surface area contributed by atoms with E-state index in [2.05, 4.69) is 31.5 Å². The highest BCUT2D eigenvalue weighted by atomic mass is 32.1. The van der Waals surface area contributed by atoms with Crippen molar-refractivity contribution in [2.45, 2.75) is 25.0 Å². The van der Waals surface area contributed by atoms with E-state index < -0.39 is 0 Å². The number of pyridine rings is 1. The van der Waals surface area contributed by atoms with Crippen LogP contribution in [0.2, 0.25) is 0 Å². The molecule has 1 nitrogen and oxygen atoms in total. The Kier molecular flexibility index (Phi) is 2.55. The van der Waals surface area contributed by atoms with Crippen molar-refractivity contribution in [2.75, 3.05) is 0 Å². The second kappa shape index (κ2) is 3.26. The lowest BCUT2D eigenvalue weighted by Crippen LogP contribution is -2.14. The van der Waals surface area contributed by atoms with Crippen LogP contribution in [0.3, 0.4) is 0 Å². The average molecular weight is 167 g/mol. The van der Waals surface area contributed by atoms with Gasteiger partial charge in [0.25, 0.3) is 0 Å². The molecule has 0 saturated carbocycles. The van der Waals surface area contributed by atoms with Crippen LogP contribution in [0.25, 0.3) is 0 Å². The summed E-state index contributed by atoms with van der Waals surface area (Å²) in [6, 6.07) is 5.95. The zero-order valence-corrected chi connectivity index (χ0v) is 7.81. The molecule has 1 aromatic rings. The van der Waals surface area contributed by atoms with E-state index in [1.54, 1.807) is 0 Å². The van der Waals surface area contributed by atoms with Crippen molar-refractivity contribution >= 4 is 12.6 Å². The van der Waals surface area contributed by atoms with Gasteiger partial charge in [0.15, 0.2) is 0 Å². The average Bonchev–Trinajstić information content (AvgIpc) is 1.85. The molecule has 0 radical (unpaired) electrons. The van der Waals surface area contributed by atoms with Gasteiger partial charge in [-0.15, -0.1) is 0 Å². The van der Waals surface area contributed by atoms with E-state index in [1.165, 1.54) is 0 Å². The van der Waals surface area contributed by atoms with Crippen LogP contribution in [0, 0.1) is 0 Å². The smallest absolute Gasteiger partial charge is 0.0417 e. The van der Waals surface area contributed by atoms with Gasteiger partial charge in [-0.05, 0) is 12.1 Å². The number of rotatable bonds is 2. The van der Waals surface area contributed by atoms with Crippen molar-refractivity contribution in [2.24, 2.45) is 0 Å². The molecule has 0 bridgehead atoms. The molecule has 1 heterocycles. The van der Waals surface area contributed by atoms with Crippen LogP contribution < -0.4 is 0 Å². The van der Waals surface area contributed by atoms with Gasteiger partial charge in [0, 0.05) is 23.1 Å². The summed E-state index contributed by atoms with van der Waals surface area (Å²) in [7, 11) is 0. The van der Waals surface area contributed by atoms with Crippen molar-refractivity contribution in [3.8, 4) is 0 Å². The minimum absolute atomic E-state index is 0.0361. The Balaban J connectivity index is 2.66. The first-order valence-electron chi connectivity index (χ1n) is 3.70. The number of aromatic nitrogens is 1. The highest BCUT2D eigenvalue weighted by Crippen LogP contribution is 2.16. The largest absolute Gasteiger partial charge is 0.261 e. The first-order chi connectivity index (χ1) is 5.08. The van der Waals surface area contributed by atoms with E-state index in [0.717, 1.165) is 12.1 Å². The molecular formula is C9H13NS. The van der Waals surface area contributed by atoms with Crippen molar-refractivity contribution < 1.29 is 0 Å². The third-order valence-electron chi connectivity index (χ3n) is 1.34. The lowest BCUT2D eigenvalue weighted by molar-refractivity contribution is 0.699. The normalized spacial score (nSPS) is 11.5. The Morgan fingerprint density at radius 2 is 2.18 bits per heavy atom. The summed E-state index contributed by atoms with van der Waals surface area (Å²) >= 11 is 4.43. The van der Waals surface area contributed by atoms with Gasteiger partial charge in [-0.1, -0.05) is 19.9 Å². The van der Waals surface area contributed by atoms with Gasteiger partial charge < -0.3 is 0 Å². The second-order valence-electron chi connectivity index (χ2n) is 3.31. The minimum atomic E-state index is 0.0361. The third kappa shape index (κ3) is 3.42. The van der Waals surface area contributed by atoms with Crippen molar-refractivity contribution in [1.82, 2.24) is 4.98 Å². The lowest BCUT2D eigenvalue weighted by atomic mass is 10.1. The zero-order chi connectivity index (χ0) is 8.32. The Bertz CT molecular complexity index is 213. The zero-order valence-electron chi connectivity index (χ0n) is 6.91. The van der Waals surface area contributed by atoms with Crippen molar-refractivity contribution in [3.63, 3.8) is 0 Å². The maximum atomic E-state index is 4.43. The fraction of sp³-hybridized carbons (Fsp3) is 0.444. The van der Waals surface area contributed by atoms with Gasteiger partial charge in [-0.2, -0.15) is 12.6 Å². The summed E-state index contributed by atoms with van der Waals surface area (Å²) in [4.78, 5) is 4.22. The molecule has 0 unspecified atom stereocenters. The van der Waals surface area contributed by atoms with E-state index in [-0.39, 0.29) is 4.75 Å². The van der Waals surface area contributed by atoms with Crippen LogP contribution in [-0.4, -0.2) is 9.73 Å². The fourth-order valence-electron chi connectivity index (χ4n) is 0.946. The Morgan fingerprint density at radius 3 is 2.64 bits per heavy atom. The SMILES string of the molecule is CC(C)(S)Cc1ccccn1. The van der Waals surface area contributed by atoms with Crippen molar-refractivity contribution in [1.29, 1.82) is 0 Å². The topological polar surface area (TPSA) is 12.9 Å². The summed E-state index contributed by atoms with van der Waals surface area (Å²) in [5, 5.41) is 0. The van der Waals surface area contributed by atoms with Crippen LogP contribution in [0.1, 0.15) is 19.5 Å². The Hall–Kier alpha value is -0.500. The summed E-state index contributed by atoms with van der Waals surface area (Å²) in [5.41, 5.74) is 1.10. The molecule has 0 saturated heterocycles. The highest BCUT2D eigenvalue weighted by Gasteiger charge is 2.12. The van der Waals surface area contributed by atoms with E-state index in [9.17, 15) is 0 Å². The number of nitrogens with zero attached hydrogens (tertiary/aromatic N) is 1. The number of hydrogen-bond donors (Lipinski definition) is 1. The fourth-order valence-corrected chi connectivity index (χ4v) is 1.11. The molecule has 0 spiro atoms. The molecule has 0 aliphatic heterocycles. The highest BCUT2D eigenvalue weighted by molar-refractivity contribution is 7.81. The van der Waals surface area contributed by atoms with Crippen LogP contribution in [0.4, 0.5) is 0 Å². The summed E-state index contributed by atoms with van der Waals surface area (Å²) in [5.74, 6) is 0. The first-order valence-corrected chi connectivity index (χ1v) is 4.15. The standard InChI is InChI=1S/C9H13NS/c1-9(2,11)7-8-5-3-4-6-10-8/h3-6,11H,7H2,1-2H3. The molecule has 0 N–H and O–H groups in total. The molecule has 0 amide bonds. The Labute approximate surface area is 73.3 Å². The summed E-state index contributed by atoms with van der Waals surface area (Å²) in [6.07, 6.45) is 2.73. The molecule has 1 rings (SSSR count). The molecule has 60 valence electrons. The predicted molar refractivity (Wildman–Crippen MR) is 51.0 cm³/mol. The Morgan fingerprint density at radius 1 is 1.45 bits per heavy atom. The number of hydrogen-bond acceptors (Lipinski definition) is 2. The summed E-state index contributed by atoms with van der Waals surface area (Å²) < 4.78 is 0.0361. The lowest BCUT2D eigenvalue weighted by Gasteiger charge is -2.15. The van der Waals surface area contributed by atoms with Gasteiger partial charge in [0.05, 0.1) is 0 Å². The molecule has 0 aliphatic carbocycles. The van der Waals surface area contributed by atoms with Crippen LogP contribution in [0.5, 0.6) is 0 Å². The molecule has 0 aliphatic rings. The van der Waals surface area contributed by atoms with E-state index >= 15 is 0 Å². The number of thiol groups is 1. The molecule has 1 aromatic heterocycles. The third-order valence-corrected chi connectivity index (χ3v) is 1.50. The van der Waals surface area contributed by atoms with Crippen molar-refractivity contribution in [3.05, 3.63) is 30.1 Å². The van der Waals surface area contributed by atoms with Gasteiger partial charge in [0.1, 0.15) is 0 Å². The molecule has 0 atom stereocenters. The van der Waals surface area contributed by atoms with Gasteiger partial charge in [-0.25, -0.2) is 0 Å². The predicted octanol–water partition coefficient (Wildman–Crippen LogP) is 2.33. The molecule has 2 heteroatoms. The van der Waals surface area contributed by atoms with E-state index in [4.69, 9.17) is 0 Å². The van der Waals surface area contributed by atoms with Crippen LogP contribution in [0.15, 0.2) is 24.4 Å². The van der Waals surface area contributed by atoms with Gasteiger partial charge in [-0.3, -0.25) is 4.98 Å². The van der Waals surface area contributed by atoms with Crippen LogP contribution >= 0.6 is 12.6 Å². The maximum Gasteiger partial charge on any atom is 0.0417 e. The molecule has 11 heavy (non-hydrogen) atoms. The van der Waals surface area contributed by atoms with E-state index in [1.807, 2.05) is 24.4 Å². The maximum absolute atomic E-state index is 4.43. The van der Waals surface area contributed by atoms with Gasteiger partial charge in [0.2, 0.25) is 0 Å². The first kappa shape index (κ1) is 8.60. The monoisotopic (exact) mass is 167 g/mol. The minimum Gasteiger partial charge on any atom is -0.261 e. The molecular weight excluding hydrogens is 154 g/mol. The van der Waals surface area contributed by atoms with E-state index in [0.29, 0.717) is 0 Å². The van der Waals surface area contributed by atoms with Crippen LogP contribution in [-0.2, 0) is 6.42 Å². The molecule has 0 fully saturated rings. The summed E-state index contributed by atoms with van der Waals surface area (Å²) in [6.45, 7) is 4.18.